The summed E-state index contributed by atoms with van der Waals surface area (Å²) in [7, 11) is 0. The molecular weight excluding hydrogens is 284 g/mol. The summed E-state index contributed by atoms with van der Waals surface area (Å²) < 4.78 is 13.1. The summed E-state index contributed by atoms with van der Waals surface area (Å²) >= 11 is 11.6. The molecule has 0 amide bonds. The molecule has 2 aromatic rings. The number of hydrogen-bond acceptors (Lipinski definition) is 1. The van der Waals surface area contributed by atoms with Crippen molar-refractivity contribution < 1.29 is 4.39 Å². The Kier molecular flexibility index (Phi) is 4.81. The van der Waals surface area contributed by atoms with Crippen LogP contribution in [0.2, 0.25) is 10.0 Å². The maximum absolute atomic E-state index is 13.1. The van der Waals surface area contributed by atoms with Crippen LogP contribution in [0.15, 0.2) is 42.5 Å². The molecule has 0 saturated heterocycles. The smallest absolute Gasteiger partial charge is 0.141 e. The van der Waals surface area contributed by atoms with Crippen molar-refractivity contribution in [1.29, 1.82) is 0 Å². The van der Waals surface area contributed by atoms with Crippen LogP contribution in [0.5, 0.6) is 0 Å². The van der Waals surface area contributed by atoms with Crippen molar-refractivity contribution in [2.75, 3.05) is 0 Å². The normalized spacial score (nSPS) is 12.4. The van der Waals surface area contributed by atoms with Crippen LogP contribution in [0.3, 0.4) is 0 Å². The van der Waals surface area contributed by atoms with E-state index in [1.165, 1.54) is 6.07 Å². The van der Waals surface area contributed by atoms with Crippen LogP contribution < -0.4 is 5.32 Å². The van der Waals surface area contributed by atoms with Gasteiger partial charge in [-0.2, -0.15) is 0 Å². The maximum Gasteiger partial charge on any atom is 0.141 e. The molecule has 0 aromatic heterocycles. The summed E-state index contributed by atoms with van der Waals surface area (Å²) in [6.45, 7) is 2.73. The highest BCUT2D eigenvalue weighted by Crippen LogP contribution is 2.21. The van der Waals surface area contributed by atoms with Crippen LogP contribution in [0.4, 0.5) is 4.39 Å². The first-order valence-electron chi connectivity index (χ1n) is 5.99. The fraction of sp³-hybridized carbons (Fsp3) is 0.200. The van der Waals surface area contributed by atoms with Gasteiger partial charge in [0.2, 0.25) is 0 Å². The first-order valence-corrected chi connectivity index (χ1v) is 6.74. The Hall–Kier alpha value is -1.09. The van der Waals surface area contributed by atoms with Crippen LogP contribution >= 0.6 is 23.2 Å². The van der Waals surface area contributed by atoms with Gasteiger partial charge in [-0.1, -0.05) is 41.4 Å². The molecule has 2 rings (SSSR count). The Morgan fingerprint density at radius 2 is 1.79 bits per heavy atom. The van der Waals surface area contributed by atoms with Gasteiger partial charge in [0, 0.05) is 17.6 Å². The minimum Gasteiger partial charge on any atom is -0.306 e. The minimum atomic E-state index is -0.393. The molecular formula is C15H14Cl2FN. The van der Waals surface area contributed by atoms with Gasteiger partial charge in [0.05, 0.1) is 5.02 Å². The Morgan fingerprint density at radius 3 is 2.42 bits per heavy atom. The van der Waals surface area contributed by atoms with Gasteiger partial charge in [0.25, 0.3) is 0 Å². The van der Waals surface area contributed by atoms with Crippen LogP contribution in [0, 0.1) is 5.82 Å². The van der Waals surface area contributed by atoms with Crippen LogP contribution in [-0.2, 0) is 6.54 Å². The fourth-order valence-electron chi connectivity index (χ4n) is 1.77. The van der Waals surface area contributed by atoms with Crippen molar-refractivity contribution >= 4 is 23.2 Å². The Labute approximate surface area is 122 Å². The molecule has 1 atom stereocenters. The number of hydrogen-bond donors (Lipinski definition) is 1. The predicted molar refractivity (Wildman–Crippen MR) is 78.1 cm³/mol. The highest BCUT2D eigenvalue weighted by Gasteiger charge is 2.07. The topological polar surface area (TPSA) is 12.0 Å². The largest absolute Gasteiger partial charge is 0.306 e. The molecule has 0 radical (unpaired) electrons. The monoisotopic (exact) mass is 297 g/mol. The zero-order chi connectivity index (χ0) is 13.8. The average molecular weight is 298 g/mol. The van der Waals surface area contributed by atoms with E-state index in [4.69, 9.17) is 23.2 Å². The third-order valence-electron chi connectivity index (χ3n) is 2.97. The van der Waals surface area contributed by atoms with Gasteiger partial charge in [0.1, 0.15) is 5.82 Å². The summed E-state index contributed by atoms with van der Waals surface area (Å²) in [5, 5.41) is 4.23. The third kappa shape index (κ3) is 3.93. The average Bonchev–Trinajstić information content (AvgIpc) is 2.41. The fourth-order valence-corrected chi connectivity index (χ4v) is 2.09. The standard InChI is InChI=1S/C15H14Cl2FN/c1-10(12-4-7-15(18)14(17)8-12)19-9-11-2-5-13(16)6-3-11/h2-8,10,19H,9H2,1H3. The molecule has 1 unspecified atom stereocenters. The molecule has 4 heteroatoms. The van der Waals surface area contributed by atoms with Crippen molar-refractivity contribution in [2.24, 2.45) is 0 Å². The zero-order valence-electron chi connectivity index (χ0n) is 10.5. The third-order valence-corrected chi connectivity index (χ3v) is 3.51. The van der Waals surface area contributed by atoms with Crippen LogP contribution in [-0.4, -0.2) is 0 Å². The molecule has 0 fully saturated rings. The number of nitrogens with one attached hydrogen (secondary N) is 1. The lowest BCUT2D eigenvalue weighted by atomic mass is 10.1. The molecule has 0 aliphatic heterocycles. The molecule has 0 aliphatic carbocycles. The van der Waals surface area contributed by atoms with E-state index in [2.05, 4.69) is 5.32 Å². The number of rotatable bonds is 4. The first-order chi connectivity index (χ1) is 9.06. The summed E-state index contributed by atoms with van der Waals surface area (Å²) in [4.78, 5) is 0. The second-order valence-corrected chi connectivity index (χ2v) is 5.25. The van der Waals surface area contributed by atoms with E-state index in [-0.39, 0.29) is 11.1 Å². The molecule has 0 heterocycles. The molecule has 100 valence electrons. The van der Waals surface area contributed by atoms with Crippen molar-refractivity contribution in [3.05, 3.63) is 69.5 Å². The zero-order valence-corrected chi connectivity index (χ0v) is 12.0. The van der Waals surface area contributed by atoms with E-state index in [0.29, 0.717) is 6.54 Å². The van der Waals surface area contributed by atoms with Crippen LogP contribution in [0.25, 0.3) is 0 Å². The second-order valence-electron chi connectivity index (χ2n) is 4.40. The summed E-state index contributed by atoms with van der Waals surface area (Å²) in [6.07, 6.45) is 0. The molecule has 0 saturated carbocycles. The SMILES string of the molecule is CC(NCc1ccc(Cl)cc1)c1ccc(F)c(Cl)c1. The van der Waals surface area contributed by atoms with Gasteiger partial charge >= 0.3 is 0 Å². The Morgan fingerprint density at radius 1 is 1.11 bits per heavy atom. The van der Waals surface area contributed by atoms with Gasteiger partial charge in [0.15, 0.2) is 0 Å². The summed E-state index contributed by atoms with van der Waals surface area (Å²) in [5.41, 5.74) is 2.10. The summed E-state index contributed by atoms with van der Waals surface area (Å²) in [6, 6.07) is 12.5. The molecule has 2 aromatic carbocycles. The van der Waals surface area contributed by atoms with Gasteiger partial charge in [-0.15, -0.1) is 0 Å². The van der Waals surface area contributed by atoms with Gasteiger partial charge in [-0.3, -0.25) is 0 Å². The van der Waals surface area contributed by atoms with Crippen molar-refractivity contribution in [3.63, 3.8) is 0 Å². The molecule has 0 bridgehead atoms. The lowest BCUT2D eigenvalue weighted by Crippen LogP contribution is -2.18. The lowest BCUT2D eigenvalue weighted by molar-refractivity contribution is 0.571. The molecule has 1 nitrogen and oxygen atoms in total. The highest BCUT2D eigenvalue weighted by atomic mass is 35.5. The van der Waals surface area contributed by atoms with E-state index in [1.807, 2.05) is 31.2 Å². The van der Waals surface area contributed by atoms with Crippen molar-refractivity contribution in [1.82, 2.24) is 5.32 Å². The second kappa shape index (κ2) is 6.38. The van der Waals surface area contributed by atoms with E-state index in [0.717, 1.165) is 16.1 Å². The van der Waals surface area contributed by atoms with E-state index in [1.54, 1.807) is 12.1 Å². The Balaban J connectivity index is 1.98. The Bertz CT molecular complexity index is 555. The highest BCUT2D eigenvalue weighted by molar-refractivity contribution is 6.31. The maximum atomic E-state index is 13.1. The van der Waals surface area contributed by atoms with E-state index >= 15 is 0 Å². The van der Waals surface area contributed by atoms with Gasteiger partial charge < -0.3 is 5.32 Å². The number of benzene rings is 2. The van der Waals surface area contributed by atoms with Gasteiger partial charge in [-0.25, -0.2) is 4.39 Å². The molecule has 0 spiro atoms. The number of halogens is 3. The predicted octanol–water partition coefficient (Wildman–Crippen LogP) is 4.98. The van der Waals surface area contributed by atoms with Gasteiger partial charge in [-0.05, 0) is 42.3 Å². The van der Waals surface area contributed by atoms with E-state index < -0.39 is 5.82 Å². The van der Waals surface area contributed by atoms with Crippen molar-refractivity contribution in [3.8, 4) is 0 Å². The molecule has 1 N–H and O–H groups in total. The van der Waals surface area contributed by atoms with Crippen molar-refractivity contribution in [2.45, 2.75) is 19.5 Å². The van der Waals surface area contributed by atoms with E-state index in [9.17, 15) is 4.39 Å². The summed E-state index contributed by atoms with van der Waals surface area (Å²) in [5.74, 6) is -0.393. The quantitative estimate of drug-likeness (QED) is 0.839. The molecule has 0 aliphatic rings. The first kappa shape index (κ1) is 14.3. The van der Waals surface area contributed by atoms with Crippen LogP contribution in [0.1, 0.15) is 24.1 Å². The lowest BCUT2D eigenvalue weighted by Gasteiger charge is -2.15. The molecule has 19 heavy (non-hydrogen) atoms. The minimum absolute atomic E-state index is 0.0915.